The zero-order valence-corrected chi connectivity index (χ0v) is 26.0. The number of benzene rings is 3. The van der Waals surface area contributed by atoms with Gasteiger partial charge in [0.1, 0.15) is 37.7 Å². The summed E-state index contributed by atoms with van der Waals surface area (Å²) in [6.45, 7) is 4.19. The molecule has 2 N–H and O–H groups in total. The number of piperazine rings is 1. The lowest BCUT2D eigenvalue weighted by Crippen LogP contribution is -2.46. The average molecular weight is 666 g/mol. The molecule has 2 fully saturated rings. The van der Waals surface area contributed by atoms with Crippen molar-refractivity contribution in [2.75, 3.05) is 49.2 Å². The number of nitrogens with one attached hydrogen (secondary N) is 2. The molecule has 7 rings (SSSR count). The zero-order chi connectivity index (χ0) is 31.7. The van der Waals surface area contributed by atoms with Crippen LogP contribution < -0.4 is 25.9 Å². The Hall–Kier alpha value is -4.56. The van der Waals surface area contributed by atoms with Gasteiger partial charge in [0.15, 0.2) is 0 Å². The van der Waals surface area contributed by atoms with Gasteiger partial charge in [-0.2, -0.15) is 5.10 Å². The van der Waals surface area contributed by atoms with Gasteiger partial charge in [-0.25, -0.2) is 34.0 Å². The van der Waals surface area contributed by atoms with Crippen molar-refractivity contribution in [3.05, 3.63) is 116 Å². The van der Waals surface area contributed by atoms with E-state index in [1.165, 1.54) is 6.33 Å². The number of anilines is 2. The third-order valence-corrected chi connectivity index (χ3v) is 8.66. The molecule has 0 aliphatic carbocycles. The van der Waals surface area contributed by atoms with E-state index < -0.39 is 17.2 Å². The minimum Gasteiger partial charge on any atom is -0.491 e. The van der Waals surface area contributed by atoms with Gasteiger partial charge in [0.25, 0.3) is 0 Å². The average Bonchev–Trinajstić information content (AvgIpc) is 3.82. The number of aromatic amines is 2. The Morgan fingerprint density at radius 1 is 0.870 bits per heavy atom. The predicted molar refractivity (Wildman–Crippen MR) is 172 cm³/mol. The molecule has 0 radical (unpaired) electrons. The van der Waals surface area contributed by atoms with Crippen molar-refractivity contribution in [2.45, 2.75) is 18.4 Å². The molecule has 0 saturated carbocycles. The first kappa shape index (κ1) is 30.1. The SMILES string of the molecule is O=c1[nH][nH]c(=O)n1-c1ccc(N2CCN(c3ccc(OCC4COC(Cn5cncn5)(c5ccc(Cl)cc5Cl)O4)cc3)CC2)cc1. The van der Waals surface area contributed by atoms with Crippen molar-refractivity contribution in [3.63, 3.8) is 0 Å². The van der Waals surface area contributed by atoms with E-state index in [-0.39, 0.29) is 19.3 Å². The molecule has 2 aromatic heterocycles. The number of rotatable bonds is 9. The summed E-state index contributed by atoms with van der Waals surface area (Å²) >= 11 is 12.7. The van der Waals surface area contributed by atoms with E-state index in [0.717, 1.165) is 47.9 Å². The van der Waals surface area contributed by atoms with Gasteiger partial charge >= 0.3 is 11.4 Å². The molecule has 3 aromatic carbocycles. The molecule has 238 valence electrons. The molecule has 2 saturated heterocycles. The first-order valence-corrected chi connectivity index (χ1v) is 15.5. The number of ether oxygens (including phenoxy) is 3. The summed E-state index contributed by atoms with van der Waals surface area (Å²) < 4.78 is 21.5. The Labute approximate surface area is 272 Å². The van der Waals surface area contributed by atoms with Crippen LogP contribution in [0.5, 0.6) is 5.75 Å². The normalized spacial score (nSPS) is 19.9. The number of halogens is 2. The van der Waals surface area contributed by atoms with Crippen molar-refractivity contribution in [2.24, 2.45) is 0 Å². The number of hydrogen-bond acceptors (Lipinski definition) is 9. The molecule has 0 amide bonds. The summed E-state index contributed by atoms with van der Waals surface area (Å²) in [5, 5.41) is 9.77. The molecule has 2 atom stereocenters. The molecular weight excluding hydrogens is 635 g/mol. The first-order chi connectivity index (χ1) is 22.4. The maximum Gasteiger partial charge on any atom is 0.348 e. The lowest BCUT2D eigenvalue weighted by Gasteiger charge is -2.37. The van der Waals surface area contributed by atoms with Gasteiger partial charge < -0.3 is 24.0 Å². The Morgan fingerprint density at radius 2 is 1.50 bits per heavy atom. The molecule has 2 unspecified atom stereocenters. The van der Waals surface area contributed by atoms with Gasteiger partial charge in [0, 0.05) is 48.1 Å². The quantitative estimate of drug-likeness (QED) is 0.243. The van der Waals surface area contributed by atoms with Gasteiger partial charge in [-0.3, -0.25) is 0 Å². The number of hydrogen-bond donors (Lipinski definition) is 2. The van der Waals surface area contributed by atoms with Crippen LogP contribution in [0.15, 0.2) is 89.0 Å². The Morgan fingerprint density at radius 3 is 2.11 bits per heavy atom. The van der Waals surface area contributed by atoms with Crippen molar-refractivity contribution < 1.29 is 14.2 Å². The van der Waals surface area contributed by atoms with Crippen LogP contribution in [-0.2, 0) is 21.8 Å². The first-order valence-electron chi connectivity index (χ1n) is 14.7. The third-order valence-electron chi connectivity index (χ3n) is 8.11. The highest BCUT2D eigenvalue weighted by Crippen LogP contribution is 2.40. The topological polar surface area (TPSA) is 136 Å². The maximum absolute atomic E-state index is 11.9. The Kier molecular flexibility index (Phi) is 8.30. The molecule has 13 nitrogen and oxygen atoms in total. The fraction of sp³-hybridized carbons (Fsp3) is 0.290. The standard InChI is InChI=1S/C31H30Cl2N8O5/c32-21-1-10-27(28(33)15-21)31(18-40-20-34-19-35-40)45-17-26(46-31)16-44-25-8-6-23(7-9-25)39-13-11-38(12-14-39)22-2-4-24(5-3-22)41-29(42)36-37-30(41)43/h1-10,15,19-20,26H,11-14,16-18H2,(H,36,42)(H,37,43). The molecular formula is C31H30Cl2N8O5. The minimum absolute atomic E-state index is 0.258. The van der Waals surface area contributed by atoms with Crippen molar-refractivity contribution in [1.29, 1.82) is 0 Å². The number of aromatic nitrogens is 6. The maximum atomic E-state index is 11.9. The van der Waals surface area contributed by atoms with Gasteiger partial charge in [-0.05, 0) is 60.7 Å². The van der Waals surface area contributed by atoms with E-state index in [1.54, 1.807) is 41.3 Å². The largest absolute Gasteiger partial charge is 0.491 e. The summed E-state index contributed by atoms with van der Waals surface area (Å²) in [4.78, 5) is 32.4. The predicted octanol–water partition coefficient (Wildman–Crippen LogP) is 3.43. The summed E-state index contributed by atoms with van der Waals surface area (Å²) in [6.07, 6.45) is 2.71. The second-order valence-corrected chi connectivity index (χ2v) is 11.9. The lowest BCUT2D eigenvalue weighted by atomic mass is 10.1. The fourth-order valence-corrected chi connectivity index (χ4v) is 6.36. The molecule has 46 heavy (non-hydrogen) atoms. The molecule has 0 bridgehead atoms. The number of nitrogens with zero attached hydrogens (tertiary/aromatic N) is 6. The monoisotopic (exact) mass is 664 g/mol. The lowest BCUT2D eigenvalue weighted by molar-refractivity contribution is -0.190. The van der Waals surface area contributed by atoms with Crippen LogP contribution in [0.2, 0.25) is 10.0 Å². The van der Waals surface area contributed by atoms with E-state index in [0.29, 0.717) is 27.9 Å². The summed E-state index contributed by atoms with van der Waals surface area (Å²) in [6, 6.07) is 20.7. The van der Waals surface area contributed by atoms with Gasteiger partial charge in [-0.1, -0.05) is 29.3 Å². The van der Waals surface area contributed by atoms with Crippen LogP contribution in [0.3, 0.4) is 0 Å². The van der Waals surface area contributed by atoms with Crippen molar-refractivity contribution in [1.82, 2.24) is 29.5 Å². The van der Waals surface area contributed by atoms with Crippen LogP contribution in [0.25, 0.3) is 5.69 Å². The summed E-state index contributed by atoms with van der Waals surface area (Å²) in [5.74, 6) is -0.442. The molecule has 2 aliphatic rings. The number of H-pyrrole nitrogens is 2. The van der Waals surface area contributed by atoms with Gasteiger partial charge in [0.2, 0.25) is 5.79 Å². The van der Waals surface area contributed by atoms with Crippen molar-refractivity contribution >= 4 is 34.6 Å². The summed E-state index contributed by atoms with van der Waals surface area (Å²) in [7, 11) is 0. The van der Waals surface area contributed by atoms with Crippen LogP contribution in [-0.4, -0.2) is 75.0 Å². The Bertz CT molecular complexity index is 1870. The van der Waals surface area contributed by atoms with E-state index in [9.17, 15) is 9.59 Å². The van der Waals surface area contributed by atoms with E-state index in [4.69, 9.17) is 37.4 Å². The smallest absolute Gasteiger partial charge is 0.348 e. The van der Waals surface area contributed by atoms with Crippen LogP contribution in [0, 0.1) is 0 Å². The molecule has 15 heteroatoms. The van der Waals surface area contributed by atoms with Crippen LogP contribution in [0.1, 0.15) is 5.56 Å². The van der Waals surface area contributed by atoms with Gasteiger partial charge in [-0.15, -0.1) is 0 Å². The van der Waals surface area contributed by atoms with Crippen LogP contribution in [0.4, 0.5) is 11.4 Å². The van der Waals surface area contributed by atoms with E-state index >= 15 is 0 Å². The van der Waals surface area contributed by atoms with E-state index in [1.807, 2.05) is 24.3 Å². The highest BCUT2D eigenvalue weighted by atomic mass is 35.5. The van der Waals surface area contributed by atoms with Crippen molar-refractivity contribution in [3.8, 4) is 11.4 Å². The fourth-order valence-electron chi connectivity index (χ4n) is 5.81. The molecule has 0 spiro atoms. The van der Waals surface area contributed by atoms with Crippen LogP contribution >= 0.6 is 23.2 Å². The van der Waals surface area contributed by atoms with Gasteiger partial charge in [0.05, 0.1) is 17.3 Å². The summed E-state index contributed by atoms with van der Waals surface area (Å²) in [5.41, 5.74) is 2.32. The molecule has 4 heterocycles. The molecule has 2 aliphatic heterocycles. The molecule has 5 aromatic rings. The second kappa shape index (κ2) is 12.7. The zero-order valence-electron chi connectivity index (χ0n) is 24.5. The highest BCUT2D eigenvalue weighted by molar-refractivity contribution is 6.35. The highest BCUT2D eigenvalue weighted by Gasteiger charge is 2.45. The minimum atomic E-state index is -1.17. The second-order valence-electron chi connectivity index (χ2n) is 11.0. The Balaban J connectivity index is 0.938. The van der Waals surface area contributed by atoms with E-state index in [2.05, 4.69) is 42.2 Å². The third kappa shape index (κ3) is 6.14.